The molecule has 5 heteroatoms. The van der Waals surface area contributed by atoms with Crippen LogP contribution in [0.1, 0.15) is 33.7 Å². The number of ether oxygens (including phenoxy) is 1. The Morgan fingerprint density at radius 3 is 2.60 bits per heavy atom. The van der Waals surface area contributed by atoms with Crippen LogP contribution in [-0.4, -0.2) is 22.2 Å². The van der Waals surface area contributed by atoms with Gasteiger partial charge in [-0.25, -0.2) is 4.79 Å². The molecule has 5 nitrogen and oxygen atoms in total. The van der Waals surface area contributed by atoms with Crippen LogP contribution >= 0.6 is 0 Å². The average Bonchev–Trinajstić information content (AvgIpc) is 3.08. The molecule has 0 bridgehead atoms. The van der Waals surface area contributed by atoms with Gasteiger partial charge in [0.25, 0.3) is 5.89 Å². The van der Waals surface area contributed by atoms with E-state index in [1.165, 1.54) is 11.1 Å². The highest BCUT2D eigenvalue weighted by Gasteiger charge is 2.22. The van der Waals surface area contributed by atoms with Gasteiger partial charge in [0.15, 0.2) is 5.82 Å². The zero-order chi connectivity index (χ0) is 17.2. The van der Waals surface area contributed by atoms with Gasteiger partial charge in [-0.1, -0.05) is 29.4 Å². The Morgan fingerprint density at radius 2 is 1.88 bits per heavy atom. The maximum atomic E-state index is 12.4. The summed E-state index contributed by atoms with van der Waals surface area (Å²) in [5.41, 5.74) is 3.94. The minimum absolute atomic E-state index is 0.0688. The summed E-state index contributed by atoms with van der Waals surface area (Å²) in [5, 5.41) is 3.77. The first-order chi connectivity index (χ1) is 12.2. The van der Waals surface area contributed by atoms with E-state index in [2.05, 4.69) is 28.3 Å². The van der Waals surface area contributed by atoms with Crippen LogP contribution in [0.5, 0.6) is 0 Å². The molecular formula is C20H18N2O3. The Bertz CT molecular complexity index is 899. The molecule has 1 aliphatic carbocycles. The molecule has 2 aromatic carbocycles. The maximum absolute atomic E-state index is 12.4. The van der Waals surface area contributed by atoms with E-state index in [0.29, 0.717) is 17.3 Å². The Balaban J connectivity index is 1.43. The van der Waals surface area contributed by atoms with Gasteiger partial charge in [-0.15, -0.1) is 0 Å². The fourth-order valence-corrected chi connectivity index (χ4v) is 3.15. The molecule has 0 spiro atoms. The molecular weight excluding hydrogens is 316 g/mol. The van der Waals surface area contributed by atoms with Crippen LogP contribution in [0, 0.1) is 6.92 Å². The molecule has 4 rings (SSSR count). The van der Waals surface area contributed by atoms with Gasteiger partial charge in [-0.05, 0) is 55.2 Å². The Labute approximate surface area is 145 Å². The summed E-state index contributed by atoms with van der Waals surface area (Å²) in [5.74, 6) is 0.731. The Morgan fingerprint density at radius 1 is 1.12 bits per heavy atom. The number of esters is 1. The van der Waals surface area contributed by atoms with Crippen LogP contribution in [0.2, 0.25) is 0 Å². The maximum Gasteiger partial charge on any atom is 0.338 e. The first-order valence-electron chi connectivity index (χ1n) is 8.37. The lowest BCUT2D eigenvalue weighted by molar-refractivity contribution is 0.0271. The van der Waals surface area contributed by atoms with Gasteiger partial charge in [0.2, 0.25) is 0 Å². The second kappa shape index (κ2) is 6.51. The molecule has 1 atom stereocenters. The van der Waals surface area contributed by atoms with Crippen molar-refractivity contribution in [2.24, 2.45) is 0 Å². The van der Waals surface area contributed by atoms with Crippen molar-refractivity contribution in [3.8, 4) is 11.5 Å². The van der Waals surface area contributed by atoms with Crippen molar-refractivity contribution in [1.82, 2.24) is 10.1 Å². The third-order valence-electron chi connectivity index (χ3n) is 4.47. The van der Waals surface area contributed by atoms with Crippen LogP contribution in [0.4, 0.5) is 0 Å². The van der Waals surface area contributed by atoms with E-state index >= 15 is 0 Å². The molecule has 3 aromatic rings. The predicted octanol–water partition coefficient (Wildman–Crippen LogP) is 3.76. The number of carbonyl (C=O) groups excluding carboxylic acids is 1. The summed E-state index contributed by atoms with van der Waals surface area (Å²) in [7, 11) is 0. The highest BCUT2D eigenvalue weighted by atomic mass is 16.5. The van der Waals surface area contributed by atoms with E-state index in [4.69, 9.17) is 9.26 Å². The van der Waals surface area contributed by atoms with Crippen molar-refractivity contribution >= 4 is 5.97 Å². The van der Waals surface area contributed by atoms with Crippen LogP contribution < -0.4 is 0 Å². The van der Waals surface area contributed by atoms with Crippen molar-refractivity contribution < 1.29 is 14.1 Å². The molecule has 0 aliphatic heterocycles. The lowest BCUT2D eigenvalue weighted by Gasteiger charge is -2.24. The molecule has 25 heavy (non-hydrogen) atoms. The molecule has 126 valence electrons. The van der Waals surface area contributed by atoms with E-state index in [-0.39, 0.29) is 12.1 Å². The number of hydrogen-bond acceptors (Lipinski definition) is 5. The lowest BCUT2D eigenvalue weighted by Crippen LogP contribution is -2.25. The minimum Gasteiger partial charge on any atom is -0.458 e. The number of aryl methyl sites for hydroxylation is 2. The van der Waals surface area contributed by atoms with Crippen molar-refractivity contribution in [3.05, 3.63) is 71.0 Å². The molecule has 0 radical (unpaired) electrons. The molecule has 1 heterocycles. The zero-order valence-corrected chi connectivity index (χ0v) is 13.9. The fraction of sp³-hybridized carbons (Fsp3) is 0.250. The summed E-state index contributed by atoms with van der Waals surface area (Å²) in [4.78, 5) is 16.6. The SMILES string of the molecule is Cc1noc(-c2ccc(C(=O)OC3CCc4ccccc4C3)cc2)n1. The highest BCUT2D eigenvalue weighted by Crippen LogP contribution is 2.24. The molecule has 1 aromatic heterocycles. The first kappa shape index (κ1) is 15.6. The van der Waals surface area contributed by atoms with Crippen molar-refractivity contribution in [3.63, 3.8) is 0 Å². The molecule has 0 saturated carbocycles. The largest absolute Gasteiger partial charge is 0.458 e. The van der Waals surface area contributed by atoms with Gasteiger partial charge in [-0.2, -0.15) is 4.98 Å². The molecule has 1 aliphatic rings. The van der Waals surface area contributed by atoms with E-state index < -0.39 is 0 Å². The summed E-state index contributed by atoms with van der Waals surface area (Å²) >= 11 is 0. The number of nitrogens with zero attached hydrogens (tertiary/aromatic N) is 2. The fourth-order valence-electron chi connectivity index (χ4n) is 3.15. The van der Waals surface area contributed by atoms with Gasteiger partial charge in [-0.3, -0.25) is 0 Å². The smallest absolute Gasteiger partial charge is 0.338 e. The summed E-state index contributed by atoms with van der Waals surface area (Å²) in [6.07, 6.45) is 2.52. The number of hydrogen-bond donors (Lipinski definition) is 0. The topological polar surface area (TPSA) is 65.2 Å². The third kappa shape index (κ3) is 3.31. The van der Waals surface area contributed by atoms with Crippen molar-refractivity contribution in [2.75, 3.05) is 0 Å². The third-order valence-corrected chi connectivity index (χ3v) is 4.47. The van der Waals surface area contributed by atoms with E-state index in [9.17, 15) is 4.79 Å². The lowest BCUT2D eigenvalue weighted by atomic mass is 9.90. The quantitative estimate of drug-likeness (QED) is 0.682. The van der Waals surface area contributed by atoms with Crippen LogP contribution in [0.15, 0.2) is 53.1 Å². The van der Waals surface area contributed by atoms with Crippen LogP contribution in [-0.2, 0) is 17.6 Å². The summed E-state index contributed by atoms with van der Waals surface area (Å²) < 4.78 is 10.8. The number of fused-ring (bicyclic) bond motifs is 1. The predicted molar refractivity (Wildman–Crippen MR) is 92.1 cm³/mol. The number of rotatable bonds is 3. The number of carbonyl (C=O) groups is 1. The average molecular weight is 334 g/mol. The van der Waals surface area contributed by atoms with Gasteiger partial charge >= 0.3 is 5.97 Å². The van der Waals surface area contributed by atoms with Crippen molar-refractivity contribution in [2.45, 2.75) is 32.3 Å². The molecule has 0 amide bonds. The number of benzene rings is 2. The molecule has 0 saturated heterocycles. The second-order valence-corrected chi connectivity index (χ2v) is 6.26. The number of aromatic nitrogens is 2. The van der Waals surface area contributed by atoms with Gasteiger partial charge < -0.3 is 9.26 Å². The Hall–Kier alpha value is -2.95. The molecule has 0 N–H and O–H groups in total. The van der Waals surface area contributed by atoms with Crippen molar-refractivity contribution in [1.29, 1.82) is 0 Å². The van der Waals surface area contributed by atoms with E-state index in [1.807, 2.05) is 6.07 Å². The zero-order valence-electron chi connectivity index (χ0n) is 13.9. The molecule has 1 unspecified atom stereocenters. The van der Waals surface area contributed by atoms with Crippen LogP contribution in [0.3, 0.4) is 0 Å². The van der Waals surface area contributed by atoms with E-state index in [0.717, 1.165) is 24.8 Å². The van der Waals surface area contributed by atoms with Crippen LogP contribution in [0.25, 0.3) is 11.5 Å². The molecule has 0 fully saturated rings. The summed E-state index contributed by atoms with van der Waals surface area (Å²) in [6, 6.07) is 15.4. The highest BCUT2D eigenvalue weighted by molar-refractivity contribution is 5.90. The van der Waals surface area contributed by atoms with Gasteiger partial charge in [0.1, 0.15) is 6.10 Å². The summed E-state index contributed by atoms with van der Waals surface area (Å²) in [6.45, 7) is 1.76. The van der Waals surface area contributed by atoms with Gasteiger partial charge in [0, 0.05) is 12.0 Å². The first-order valence-corrected chi connectivity index (χ1v) is 8.37. The van der Waals surface area contributed by atoms with E-state index in [1.54, 1.807) is 31.2 Å². The monoisotopic (exact) mass is 334 g/mol. The van der Waals surface area contributed by atoms with Gasteiger partial charge in [0.05, 0.1) is 5.56 Å². The second-order valence-electron chi connectivity index (χ2n) is 6.26. The normalized spacial score (nSPS) is 16.3. The minimum atomic E-state index is -0.294. The standard InChI is InChI=1S/C20H18N2O3/c1-13-21-19(25-22-13)15-6-8-16(9-7-15)20(23)24-18-11-10-14-4-2-3-5-17(14)12-18/h2-9,18H,10-12H2,1H3. The Kier molecular flexibility index (Phi) is 4.06.